The van der Waals surface area contributed by atoms with E-state index in [-0.39, 0.29) is 5.97 Å². The number of rotatable bonds is 5. The highest BCUT2D eigenvalue weighted by Gasteiger charge is 2.14. The number of carbonyl (C=O) groups is 1. The van der Waals surface area contributed by atoms with E-state index < -0.39 is 0 Å². The Hall–Kier alpha value is -1.10. The topological polar surface area (TPSA) is 51.2 Å². The second-order valence-electron chi connectivity index (χ2n) is 2.80. The summed E-state index contributed by atoms with van der Waals surface area (Å²) in [5, 5.41) is 3.96. The van der Waals surface area contributed by atoms with Crippen LogP contribution in [-0.4, -0.2) is 24.6 Å². The molecule has 0 aliphatic heterocycles. The van der Waals surface area contributed by atoms with Crippen molar-refractivity contribution < 1.29 is 9.53 Å². The van der Waals surface area contributed by atoms with Crippen molar-refractivity contribution in [3.8, 4) is 0 Å². The van der Waals surface area contributed by atoms with Crippen molar-refractivity contribution in [2.45, 2.75) is 19.8 Å². The fourth-order valence-corrected chi connectivity index (χ4v) is 1.69. The van der Waals surface area contributed by atoms with E-state index in [0.717, 1.165) is 24.4 Å². The van der Waals surface area contributed by atoms with Crippen LogP contribution < -0.4 is 5.32 Å². The monoisotopic (exact) mass is 214 g/mol. The van der Waals surface area contributed by atoms with Gasteiger partial charge in [0.2, 0.25) is 0 Å². The summed E-state index contributed by atoms with van der Waals surface area (Å²) >= 11 is 1.42. The Bertz CT molecular complexity index is 299. The first-order valence-corrected chi connectivity index (χ1v) is 5.43. The fraction of sp³-hybridized carbons (Fsp3) is 0.556. The van der Waals surface area contributed by atoms with Gasteiger partial charge in [0, 0.05) is 6.54 Å². The summed E-state index contributed by atoms with van der Waals surface area (Å²) in [5.74, 6) is -0.384. The molecule has 0 spiro atoms. The molecule has 0 saturated heterocycles. The van der Waals surface area contributed by atoms with Crippen LogP contribution in [0.5, 0.6) is 0 Å². The zero-order valence-corrected chi connectivity index (χ0v) is 9.19. The van der Waals surface area contributed by atoms with E-state index in [9.17, 15) is 4.79 Å². The molecule has 0 fully saturated rings. The molecule has 1 aromatic rings. The lowest BCUT2D eigenvalue weighted by Gasteiger charge is -2.03. The van der Waals surface area contributed by atoms with Crippen molar-refractivity contribution >= 4 is 22.3 Å². The average Bonchev–Trinajstić information content (AvgIpc) is 2.65. The molecule has 1 rings (SSSR count). The number of unbranched alkanes of at least 4 members (excludes halogenated alkanes) is 1. The summed E-state index contributed by atoms with van der Waals surface area (Å²) in [4.78, 5) is 15.2. The molecule has 0 radical (unpaired) electrons. The van der Waals surface area contributed by atoms with Gasteiger partial charge >= 0.3 is 5.97 Å². The lowest BCUT2D eigenvalue weighted by Crippen LogP contribution is -2.07. The quantitative estimate of drug-likeness (QED) is 0.602. The first-order valence-electron chi connectivity index (χ1n) is 4.55. The van der Waals surface area contributed by atoms with Crippen LogP contribution in [0.1, 0.15) is 30.3 Å². The number of methoxy groups -OCH3 is 1. The van der Waals surface area contributed by atoms with Crippen molar-refractivity contribution in [1.82, 2.24) is 4.98 Å². The molecular weight excluding hydrogens is 200 g/mol. The van der Waals surface area contributed by atoms with Crippen LogP contribution in [0, 0.1) is 0 Å². The Morgan fingerprint density at radius 2 is 2.50 bits per heavy atom. The molecule has 78 valence electrons. The van der Waals surface area contributed by atoms with Crippen LogP contribution in [0.2, 0.25) is 0 Å². The Morgan fingerprint density at radius 3 is 3.14 bits per heavy atom. The molecule has 0 amide bonds. The molecule has 1 aromatic heterocycles. The van der Waals surface area contributed by atoms with Crippen LogP contribution in [0.4, 0.5) is 5.00 Å². The van der Waals surface area contributed by atoms with Gasteiger partial charge in [-0.05, 0) is 6.42 Å². The first-order chi connectivity index (χ1) is 6.79. The van der Waals surface area contributed by atoms with E-state index in [1.54, 1.807) is 5.51 Å². The average molecular weight is 214 g/mol. The number of nitrogens with one attached hydrogen (secondary N) is 1. The van der Waals surface area contributed by atoms with Crippen molar-refractivity contribution in [1.29, 1.82) is 0 Å². The summed E-state index contributed by atoms with van der Waals surface area (Å²) in [6, 6.07) is 0. The van der Waals surface area contributed by atoms with E-state index in [4.69, 9.17) is 0 Å². The second kappa shape index (κ2) is 5.59. The lowest BCUT2D eigenvalue weighted by atomic mass is 10.3. The normalized spacial score (nSPS) is 9.86. The molecule has 0 aliphatic carbocycles. The van der Waals surface area contributed by atoms with E-state index in [0.29, 0.717) is 5.69 Å². The van der Waals surface area contributed by atoms with Gasteiger partial charge in [0.05, 0.1) is 12.6 Å². The van der Waals surface area contributed by atoms with Gasteiger partial charge < -0.3 is 10.1 Å². The number of hydrogen-bond donors (Lipinski definition) is 1. The summed E-state index contributed by atoms with van der Waals surface area (Å²) in [7, 11) is 1.36. The molecule has 0 bridgehead atoms. The smallest absolute Gasteiger partial charge is 0.359 e. The number of ether oxygens (including phenoxy) is 1. The fourth-order valence-electron chi connectivity index (χ4n) is 0.992. The van der Waals surface area contributed by atoms with Crippen molar-refractivity contribution in [3.05, 3.63) is 11.2 Å². The molecule has 5 heteroatoms. The van der Waals surface area contributed by atoms with Crippen molar-refractivity contribution in [2.75, 3.05) is 19.0 Å². The lowest BCUT2D eigenvalue weighted by molar-refractivity contribution is 0.0596. The number of esters is 1. The summed E-state index contributed by atoms with van der Waals surface area (Å²) in [6.07, 6.45) is 2.21. The number of anilines is 1. The van der Waals surface area contributed by atoms with Crippen LogP contribution in [0.15, 0.2) is 5.51 Å². The maximum atomic E-state index is 11.2. The highest BCUT2D eigenvalue weighted by molar-refractivity contribution is 7.14. The van der Waals surface area contributed by atoms with Crippen molar-refractivity contribution in [3.63, 3.8) is 0 Å². The predicted octanol–water partition coefficient (Wildman–Crippen LogP) is 2.14. The van der Waals surface area contributed by atoms with Gasteiger partial charge in [-0.3, -0.25) is 0 Å². The Balaban J connectivity index is 2.58. The van der Waals surface area contributed by atoms with Gasteiger partial charge in [0.1, 0.15) is 5.00 Å². The molecule has 0 saturated carbocycles. The maximum Gasteiger partial charge on any atom is 0.359 e. The molecule has 0 aliphatic rings. The maximum absolute atomic E-state index is 11.2. The second-order valence-corrected chi connectivity index (χ2v) is 3.66. The van der Waals surface area contributed by atoms with E-state index in [1.807, 2.05) is 0 Å². The predicted molar refractivity (Wildman–Crippen MR) is 56.9 cm³/mol. The highest BCUT2D eigenvalue weighted by atomic mass is 32.1. The third-order valence-electron chi connectivity index (χ3n) is 1.76. The molecule has 0 atom stereocenters. The van der Waals surface area contributed by atoms with Gasteiger partial charge in [-0.15, -0.1) is 11.3 Å². The van der Waals surface area contributed by atoms with E-state index in [2.05, 4.69) is 22.0 Å². The van der Waals surface area contributed by atoms with Crippen LogP contribution in [-0.2, 0) is 4.74 Å². The Morgan fingerprint density at radius 1 is 1.71 bits per heavy atom. The molecule has 4 nitrogen and oxygen atoms in total. The standard InChI is InChI=1S/C9H14N2O2S/c1-3-4-5-10-8-7(9(12)13-2)11-6-14-8/h6,10H,3-5H2,1-2H3. The molecule has 0 aromatic carbocycles. The van der Waals surface area contributed by atoms with Crippen LogP contribution >= 0.6 is 11.3 Å². The first kappa shape index (κ1) is 11.0. The Labute approximate surface area is 87.3 Å². The third-order valence-corrected chi connectivity index (χ3v) is 2.55. The van der Waals surface area contributed by atoms with Gasteiger partial charge in [0.25, 0.3) is 0 Å². The van der Waals surface area contributed by atoms with Gasteiger partial charge in [-0.2, -0.15) is 0 Å². The Kier molecular flexibility index (Phi) is 4.39. The minimum atomic E-state index is -0.384. The van der Waals surface area contributed by atoms with Gasteiger partial charge in [0.15, 0.2) is 5.69 Å². The minimum absolute atomic E-state index is 0.383. The molecule has 1 N–H and O–H groups in total. The summed E-state index contributed by atoms with van der Waals surface area (Å²) < 4.78 is 4.61. The van der Waals surface area contributed by atoms with E-state index in [1.165, 1.54) is 18.4 Å². The third kappa shape index (κ3) is 2.70. The zero-order valence-electron chi connectivity index (χ0n) is 8.37. The zero-order chi connectivity index (χ0) is 10.4. The molecule has 14 heavy (non-hydrogen) atoms. The number of thiazole rings is 1. The van der Waals surface area contributed by atoms with Gasteiger partial charge in [-0.25, -0.2) is 9.78 Å². The van der Waals surface area contributed by atoms with Crippen LogP contribution in [0.3, 0.4) is 0 Å². The number of hydrogen-bond acceptors (Lipinski definition) is 5. The SMILES string of the molecule is CCCCNc1scnc1C(=O)OC. The van der Waals surface area contributed by atoms with Crippen LogP contribution in [0.25, 0.3) is 0 Å². The molecular formula is C9H14N2O2S. The highest BCUT2D eigenvalue weighted by Crippen LogP contribution is 2.20. The number of aromatic nitrogens is 1. The summed E-state index contributed by atoms with van der Waals surface area (Å²) in [6.45, 7) is 2.98. The number of nitrogens with zero attached hydrogens (tertiary/aromatic N) is 1. The van der Waals surface area contributed by atoms with E-state index >= 15 is 0 Å². The molecule has 0 unspecified atom stereocenters. The minimum Gasteiger partial charge on any atom is -0.464 e. The number of carbonyl (C=O) groups excluding carboxylic acids is 1. The largest absolute Gasteiger partial charge is 0.464 e. The van der Waals surface area contributed by atoms with Gasteiger partial charge in [-0.1, -0.05) is 13.3 Å². The van der Waals surface area contributed by atoms with Crippen molar-refractivity contribution in [2.24, 2.45) is 0 Å². The molecule has 1 heterocycles. The summed E-state index contributed by atoms with van der Waals surface area (Å²) in [5.41, 5.74) is 2.02.